The van der Waals surface area contributed by atoms with E-state index < -0.39 is 6.10 Å². The van der Waals surface area contributed by atoms with Crippen LogP contribution in [0.4, 0.5) is 4.39 Å². The van der Waals surface area contributed by atoms with Gasteiger partial charge in [-0.3, -0.25) is 0 Å². The average Bonchev–Trinajstić information content (AvgIpc) is 2.29. The largest absolute Gasteiger partial charge is 0.390 e. The molecule has 0 heterocycles. The maximum atomic E-state index is 12.9. The summed E-state index contributed by atoms with van der Waals surface area (Å²) in [6.07, 6.45) is 1.49. The first-order chi connectivity index (χ1) is 8.08. The number of benzene rings is 1. The van der Waals surface area contributed by atoms with Crippen molar-refractivity contribution >= 4 is 15.9 Å². The van der Waals surface area contributed by atoms with Crippen molar-refractivity contribution in [2.45, 2.75) is 38.4 Å². The van der Waals surface area contributed by atoms with Crippen molar-refractivity contribution in [2.75, 3.05) is 7.11 Å². The minimum absolute atomic E-state index is 0.169. The quantitative estimate of drug-likeness (QED) is 0.874. The zero-order valence-corrected chi connectivity index (χ0v) is 11.7. The summed E-state index contributed by atoms with van der Waals surface area (Å²) in [5.74, 6) is -0.285. The molecule has 96 valence electrons. The third kappa shape index (κ3) is 4.37. The maximum absolute atomic E-state index is 12.9. The SMILES string of the molecule is CCCC(OC)C(O)Cc1ccc(F)cc1Br. The molecule has 0 aliphatic heterocycles. The fraction of sp³-hybridized carbons (Fsp3) is 0.538. The molecule has 0 saturated heterocycles. The van der Waals surface area contributed by atoms with Gasteiger partial charge in [-0.25, -0.2) is 4.39 Å². The van der Waals surface area contributed by atoms with Crippen molar-refractivity contribution in [3.05, 3.63) is 34.1 Å². The second-order valence-electron chi connectivity index (χ2n) is 4.07. The molecule has 0 aliphatic rings. The van der Waals surface area contributed by atoms with Crippen LogP contribution < -0.4 is 0 Å². The van der Waals surface area contributed by atoms with E-state index in [2.05, 4.69) is 15.9 Å². The molecule has 0 spiro atoms. The Hall–Kier alpha value is -0.450. The monoisotopic (exact) mass is 304 g/mol. The van der Waals surface area contributed by atoms with E-state index in [1.807, 2.05) is 6.92 Å². The number of aliphatic hydroxyl groups is 1. The van der Waals surface area contributed by atoms with Crippen molar-refractivity contribution < 1.29 is 14.2 Å². The van der Waals surface area contributed by atoms with Gasteiger partial charge in [0.25, 0.3) is 0 Å². The Morgan fingerprint density at radius 1 is 1.47 bits per heavy atom. The van der Waals surface area contributed by atoms with E-state index in [1.54, 1.807) is 13.2 Å². The van der Waals surface area contributed by atoms with E-state index in [-0.39, 0.29) is 11.9 Å². The van der Waals surface area contributed by atoms with Crippen LogP contribution >= 0.6 is 15.9 Å². The van der Waals surface area contributed by atoms with Crippen molar-refractivity contribution in [1.82, 2.24) is 0 Å². The molecule has 1 N–H and O–H groups in total. The van der Waals surface area contributed by atoms with E-state index in [1.165, 1.54) is 12.1 Å². The van der Waals surface area contributed by atoms with Crippen molar-refractivity contribution in [3.8, 4) is 0 Å². The lowest BCUT2D eigenvalue weighted by molar-refractivity contribution is -0.0160. The van der Waals surface area contributed by atoms with Crippen molar-refractivity contribution in [2.24, 2.45) is 0 Å². The number of methoxy groups -OCH3 is 1. The Balaban J connectivity index is 2.69. The van der Waals surface area contributed by atoms with Gasteiger partial charge in [0.15, 0.2) is 0 Å². The predicted octanol–water partition coefficient (Wildman–Crippen LogP) is 3.31. The summed E-state index contributed by atoms with van der Waals surface area (Å²) in [5, 5.41) is 10.0. The number of ether oxygens (including phenoxy) is 1. The predicted molar refractivity (Wildman–Crippen MR) is 69.5 cm³/mol. The van der Waals surface area contributed by atoms with E-state index in [0.717, 1.165) is 18.4 Å². The highest BCUT2D eigenvalue weighted by atomic mass is 79.9. The Morgan fingerprint density at radius 3 is 2.71 bits per heavy atom. The molecule has 1 aromatic rings. The third-order valence-electron chi connectivity index (χ3n) is 2.75. The highest BCUT2D eigenvalue weighted by molar-refractivity contribution is 9.10. The highest BCUT2D eigenvalue weighted by Gasteiger charge is 2.19. The molecule has 0 aromatic heterocycles. The minimum atomic E-state index is -0.568. The number of hydrogen-bond acceptors (Lipinski definition) is 2. The molecule has 17 heavy (non-hydrogen) atoms. The second kappa shape index (κ2) is 7.09. The fourth-order valence-electron chi connectivity index (χ4n) is 1.80. The lowest BCUT2D eigenvalue weighted by Crippen LogP contribution is -2.29. The van der Waals surface area contributed by atoms with Crippen LogP contribution in [0.1, 0.15) is 25.3 Å². The van der Waals surface area contributed by atoms with Gasteiger partial charge < -0.3 is 9.84 Å². The van der Waals surface area contributed by atoms with Crippen LogP contribution in [0.3, 0.4) is 0 Å². The molecule has 4 heteroatoms. The number of hydrogen-bond donors (Lipinski definition) is 1. The summed E-state index contributed by atoms with van der Waals surface area (Å²) < 4.78 is 18.8. The van der Waals surface area contributed by atoms with Crippen molar-refractivity contribution in [1.29, 1.82) is 0 Å². The van der Waals surface area contributed by atoms with Gasteiger partial charge in [0, 0.05) is 18.0 Å². The first-order valence-electron chi connectivity index (χ1n) is 5.73. The number of rotatable bonds is 6. The van der Waals surface area contributed by atoms with E-state index in [0.29, 0.717) is 10.9 Å². The van der Waals surface area contributed by atoms with E-state index in [9.17, 15) is 9.50 Å². The Bertz CT molecular complexity index is 357. The minimum Gasteiger partial charge on any atom is -0.390 e. The molecule has 2 atom stereocenters. The number of halogens is 2. The fourth-order valence-corrected chi connectivity index (χ4v) is 2.31. The normalized spacial score (nSPS) is 14.6. The molecule has 0 radical (unpaired) electrons. The van der Waals surface area contributed by atoms with Crippen LogP contribution in [-0.4, -0.2) is 24.4 Å². The Labute approximate surface area is 110 Å². The van der Waals surface area contributed by atoms with Gasteiger partial charge in [-0.15, -0.1) is 0 Å². The molecular weight excluding hydrogens is 287 g/mol. The zero-order valence-electron chi connectivity index (χ0n) is 10.1. The van der Waals surface area contributed by atoms with Gasteiger partial charge in [-0.1, -0.05) is 35.3 Å². The Kier molecular flexibility index (Phi) is 6.09. The second-order valence-corrected chi connectivity index (χ2v) is 4.92. The van der Waals surface area contributed by atoms with Crippen LogP contribution in [0, 0.1) is 5.82 Å². The van der Waals surface area contributed by atoms with Gasteiger partial charge in [0.1, 0.15) is 5.82 Å². The lowest BCUT2D eigenvalue weighted by Gasteiger charge is -2.21. The van der Waals surface area contributed by atoms with E-state index in [4.69, 9.17) is 4.74 Å². The molecular formula is C13H18BrFO2. The number of aliphatic hydroxyl groups excluding tert-OH is 1. The molecule has 1 aromatic carbocycles. The lowest BCUT2D eigenvalue weighted by atomic mass is 10.0. The van der Waals surface area contributed by atoms with Gasteiger partial charge in [0.05, 0.1) is 12.2 Å². The molecule has 0 fully saturated rings. The third-order valence-corrected chi connectivity index (χ3v) is 3.49. The smallest absolute Gasteiger partial charge is 0.124 e. The van der Waals surface area contributed by atoms with Gasteiger partial charge in [-0.05, 0) is 24.1 Å². The maximum Gasteiger partial charge on any atom is 0.124 e. The topological polar surface area (TPSA) is 29.5 Å². The van der Waals surface area contributed by atoms with E-state index >= 15 is 0 Å². The standard InChI is InChI=1S/C13H18BrFO2/c1-3-4-13(17-2)12(16)7-9-5-6-10(15)8-11(9)14/h5-6,8,12-13,16H,3-4,7H2,1-2H3. The average molecular weight is 305 g/mol. The van der Waals surface area contributed by atoms with Crippen LogP contribution in [0.2, 0.25) is 0 Å². The molecule has 2 nitrogen and oxygen atoms in total. The van der Waals surface area contributed by atoms with Crippen LogP contribution in [-0.2, 0) is 11.2 Å². The summed E-state index contributed by atoms with van der Waals surface area (Å²) in [4.78, 5) is 0. The molecule has 0 bridgehead atoms. The highest BCUT2D eigenvalue weighted by Crippen LogP contribution is 2.21. The van der Waals surface area contributed by atoms with Crippen LogP contribution in [0.25, 0.3) is 0 Å². The Morgan fingerprint density at radius 2 is 2.18 bits per heavy atom. The first kappa shape index (κ1) is 14.6. The van der Waals surface area contributed by atoms with Gasteiger partial charge in [-0.2, -0.15) is 0 Å². The molecule has 0 amide bonds. The molecule has 0 saturated carbocycles. The van der Waals surface area contributed by atoms with Crippen molar-refractivity contribution in [3.63, 3.8) is 0 Å². The summed E-state index contributed by atoms with van der Waals surface area (Å²) in [6, 6.07) is 4.49. The summed E-state index contributed by atoms with van der Waals surface area (Å²) in [5.41, 5.74) is 0.886. The summed E-state index contributed by atoms with van der Waals surface area (Å²) in [7, 11) is 1.60. The molecule has 0 aliphatic carbocycles. The zero-order chi connectivity index (χ0) is 12.8. The summed E-state index contributed by atoms with van der Waals surface area (Å²) >= 11 is 3.29. The van der Waals surface area contributed by atoms with Crippen LogP contribution in [0.5, 0.6) is 0 Å². The molecule has 2 unspecified atom stereocenters. The van der Waals surface area contributed by atoms with Crippen LogP contribution in [0.15, 0.2) is 22.7 Å². The first-order valence-corrected chi connectivity index (χ1v) is 6.52. The summed E-state index contributed by atoms with van der Waals surface area (Å²) in [6.45, 7) is 2.05. The van der Waals surface area contributed by atoms with Gasteiger partial charge >= 0.3 is 0 Å². The van der Waals surface area contributed by atoms with Gasteiger partial charge in [0.2, 0.25) is 0 Å². The molecule has 1 rings (SSSR count).